The molecule has 1 N–H and O–H groups in total. The standard InChI is InChI=1S/C17H27N5O/c1-3-21-15-12-18-22(17(15)13(2)20-21)11-10-16(23)19-14-8-6-4-5-7-9-14/h12,14H,3-11H2,1-2H3,(H,19,23). The van der Waals surface area contributed by atoms with Crippen molar-refractivity contribution in [1.82, 2.24) is 24.9 Å². The number of aromatic nitrogens is 4. The summed E-state index contributed by atoms with van der Waals surface area (Å²) in [6.07, 6.45) is 9.66. The summed E-state index contributed by atoms with van der Waals surface area (Å²) in [7, 11) is 0. The predicted octanol–water partition coefficient (Wildman–Crippen LogP) is 2.79. The molecular weight excluding hydrogens is 290 g/mol. The van der Waals surface area contributed by atoms with Gasteiger partial charge < -0.3 is 5.32 Å². The number of nitrogens with zero attached hydrogens (tertiary/aromatic N) is 4. The first-order valence-corrected chi connectivity index (χ1v) is 8.87. The van der Waals surface area contributed by atoms with Gasteiger partial charge in [0.15, 0.2) is 0 Å². The zero-order chi connectivity index (χ0) is 16.2. The Morgan fingerprint density at radius 2 is 2.00 bits per heavy atom. The molecule has 2 aromatic heterocycles. The number of carbonyl (C=O) groups is 1. The van der Waals surface area contributed by atoms with Crippen LogP contribution in [0.3, 0.4) is 0 Å². The molecule has 1 aliphatic rings. The fraction of sp³-hybridized carbons (Fsp3) is 0.706. The number of hydrogen-bond acceptors (Lipinski definition) is 3. The van der Waals surface area contributed by atoms with E-state index in [1.807, 2.05) is 22.5 Å². The maximum Gasteiger partial charge on any atom is 0.222 e. The maximum absolute atomic E-state index is 12.2. The van der Waals surface area contributed by atoms with Gasteiger partial charge in [0.25, 0.3) is 0 Å². The summed E-state index contributed by atoms with van der Waals surface area (Å²) >= 11 is 0. The minimum absolute atomic E-state index is 0.140. The maximum atomic E-state index is 12.2. The molecule has 1 fully saturated rings. The topological polar surface area (TPSA) is 64.7 Å². The van der Waals surface area contributed by atoms with Crippen molar-refractivity contribution in [2.45, 2.75) is 77.9 Å². The molecular formula is C17H27N5O. The van der Waals surface area contributed by atoms with Gasteiger partial charge in [-0.25, -0.2) is 0 Å². The largest absolute Gasteiger partial charge is 0.353 e. The van der Waals surface area contributed by atoms with Gasteiger partial charge in [0.2, 0.25) is 5.91 Å². The van der Waals surface area contributed by atoms with Gasteiger partial charge in [-0.3, -0.25) is 14.2 Å². The van der Waals surface area contributed by atoms with Gasteiger partial charge in [-0.05, 0) is 26.7 Å². The van der Waals surface area contributed by atoms with E-state index in [-0.39, 0.29) is 5.91 Å². The Morgan fingerprint density at radius 3 is 2.70 bits per heavy atom. The van der Waals surface area contributed by atoms with Crippen LogP contribution in [-0.4, -0.2) is 31.5 Å². The Hall–Kier alpha value is -1.85. The van der Waals surface area contributed by atoms with Crippen LogP contribution in [0.5, 0.6) is 0 Å². The first-order valence-electron chi connectivity index (χ1n) is 8.87. The highest BCUT2D eigenvalue weighted by Crippen LogP contribution is 2.19. The van der Waals surface area contributed by atoms with Crippen molar-refractivity contribution >= 4 is 16.9 Å². The molecule has 0 bridgehead atoms. The van der Waals surface area contributed by atoms with Crippen molar-refractivity contribution in [2.24, 2.45) is 0 Å². The van der Waals surface area contributed by atoms with E-state index in [1.54, 1.807) is 0 Å². The van der Waals surface area contributed by atoms with Crippen molar-refractivity contribution in [2.75, 3.05) is 0 Å². The number of rotatable bonds is 5. The van der Waals surface area contributed by atoms with Crippen LogP contribution in [-0.2, 0) is 17.9 Å². The summed E-state index contributed by atoms with van der Waals surface area (Å²) in [5.41, 5.74) is 3.08. The minimum Gasteiger partial charge on any atom is -0.353 e. The Morgan fingerprint density at radius 1 is 1.26 bits per heavy atom. The molecule has 6 heteroatoms. The van der Waals surface area contributed by atoms with Crippen LogP contribution >= 0.6 is 0 Å². The molecule has 2 aromatic rings. The van der Waals surface area contributed by atoms with Crippen molar-refractivity contribution < 1.29 is 4.79 Å². The van der Waals surface area contributed by atoms with Crippen LogP contribution in [0.15, 0.2) is 6.20 Å². The summed E-state index contributed by atoms with van der Waals surface area (Å²) in [6, 6.07) is 0.368. The monoisotopic (exact) mass is 317 g/mol. The third-order valence-corrected chi connectivity index (χ3v) is 4.78. The second kappa shape index (κ2) is 7.15. The first-order chi connectivity index (χ1) is 11.2. The zero-order valence-corrected chi connectivity index (χ0v) is 14.2. The van der Waals surface area contributed by atoms with Gasteiger partial charge in [0.1, 0.15) is 11.0 Å². The SMILES string of the molecule is CCn1nc(C)c2c1cnn2CCC(=O)NC1CCCCCC1. The molecule has 0 radical (unpaired) electrons. The summed E-state index contributed by atoms with van der Waals surface area (Å²) in [6.45, 7) is 5.51. The number of amides is 1. The van der Waals surface area contributed by atoms with Crippen LogP contribution in [0, 0.1) is 6.92 Å². The van der Waals surface area contributed by atoms with Crippen LogP contribution in [0.25, 0.3) is 11.0 Å². The van der Waals surface area contributed by atoms with E-state index in [1.165, 1.54) is 25.7 Å². The lowest BCUT2D eigenvalue weighted by atomic mass is 10.1. The van der Waals surface area contributed by atoms with E-state index in [0.717, 1.165) is 36.1 Å². The number of carbonyl (C=O) groups excluding carboxylic acids is 1. The average molecular weight is 317 g/mol. The lowest BCUT2D eigenvalue weighted by Crippen LogP contribution is -2.34. The molecule has 0 saturated heterocycles. The summed E-state index contributed by atoms with van der Waals surface area (Å²) in [5, 5.41) is 12.1. The number of hydrogen-bond donors (Lipinski definition) is 1. The minimum atomic E-state index is 0.140. The molecule has 23 heavy (non-hydrogen) atoms. The number of fused-ring (bicyclic) bond motifs is 1. The van der Waals surface area contributed by atoms with Gasteiger partial charge in [0.05, 0.1) is 18.4 Å². The molecule has 0 spiro atoms. The molecule has 0 atom stereocenters. The van der Waals surface area contributed by atoms with Crippen molar-refractivity contribution in [1.29, 1.82) is 0 Å². The molecule has 0 aliphatic heterocycles. The molecule has 6 nitrogen and oxygen atoms in total. The lowest BCUT2D eigenvalue weighted by Gasteiger charge is -2.16. The lowest BCUT2D eigenvalue weighted by molar-refractivity contribution is -0.122. The van der Waals surface area contributed by atoms with Crippen LogP contribution < -0.4 is 5.32 Å². The van der Waals surface area contributed by atoms with Gasteiger partial charge in [-0.1, -0.05) is 25.7 Å². The van der Waals surface area contributed by atoms with Gasteiger partial charge in [0, 0.05) is 19.0 Å². The van der Waals surface area contributed by atoms with Gasteiger partial charge in [-0.2, -0.15) is 10.2 Å². The quantitative estimate of drug-likeness (QED) is 0.862. The Kier molecular flexibility index (Phi) is 4.98. The Labute approximate surface area is 137 Å². The number of aryl methyl sites for hydroxylation is 3. The van der Waals surface area contributed by atoms with E-state index in [9.17, 15) is 4.79 Å². The molecule has 1 aliphatic carbocycles. The van der Waals surface area contributed by atoms with Crippen molar-refractivity contribution in [3.8, 4) is 0 Å². The third kappa shape index (κ3) is 3.57. The van der Waals surface area contributed by atoms with Crippen molar-refractivity contribution in [3.05, 3.63) is 11.9 Å². The highest BCUT2D eigenvalue weighted by Gasteiger charge is 2.16. The van der Waals surface area contributed by atoms with Gasteiger partial charge in [-0.15, -0.1) is 0 Å². The molecule has 2 heterocycles. The molecule has 0 unspecified atom stereocenters. The molecule has 1 saturated carbocycles. The summed E-state index contributed by atoms with van der Waals surface area (Å²) < 4.78 is 3.87. The fourth-order valence-electron chi connectivity index (χ4n) is 3.56. The van der Waals surface area contributed by atoms with Crippen LogP contribution in [0.2, 0.25) is 0 Å². The van der Waals surface area contributed by atoms with Crippen LogP contribution in [0.4, 0.5) is 0 Å². The highest BCUT2D eigenvalue weighted by atomic mass is 16.1. The zero-order valence-electron chi connectivity index (χ0n) is 14.2. The van der Waals surface area contributed by atoms with Gasteiger partial charge >= 0.3 is 0 Å². The van der Waals surface area contributed by atoms with Crippen molar-refractivity contribution in [3.63, 3.8) is 0 Å². The summed E-state index contributed by atoms with van der Waals surface area (Å²) in [5.74, 6) is 0.140. The van der Waals surface area contributed by atoms with E-state index < -0.39 is 0 Å². The first kappa shape index (κ1) is 16.0. The summed E-state index contributed by atoms with van der Waals surface area (Å²) in [4.78, 5) is 12.2. The molecule has 126 valence electrons. The predicted molar refractivity (Wildman–Crippen MR) is 90.2 cm³/mol. The van der Waals surface area contributed by atoms with E-state index >= 15 is 0 Å². The van der Waals surface area contributed by atoms with E-state index in [2.05, 4.69) is 22.4 Å². The molecule has 3 rings (SSSR count). The average Bonchev–Trinajstić information content (AvgIpc) is 2.99. The highest BCUT2D eigenvalue weighted by molar-refractivity contribution is 5.79. The fourth-order valence-corrected chi connectivity index (χ4v) is 3.56. The van der Waals surface area contributed by atoms with Crippen LogP contribution in [0.1, 0.15) is 57.6 Å². The van der Waals surface area contributed by atoms with E-state index in [4.69, 9.17) is 0 Å². The third-order valence-electron chi connectivity index (χ3n) is 4.78. The Balaban J connectivity index is 1.59. The van der Waals surface area contributed by atoms with E-state index in [0.29, 0.717) is 19.0 Å². The molecule has 1 amide bonds. The smallest absolute Gasteiger partial charge is 0.222 e. The second-order valence-electron chi connectivity index (χ2n) is 6.51. The second-order valence-corrected chi connectivity index (χ2v) is 6.51. The number of nitrogens with one attached hydrogen (secondary N) is 1. The molecule has 0 aromatic carbocycles. The Bertz CT molecular complexity index is 664. The normalized spacial score (nSPS) is 16.6.